The smallest absolute Gasteiger partial charge is 0.494 e. The van der Waals surface area contributed by atoms with Gasteiger partial charge in [0.2, 0.25) is 5.88 Å². The molecule has 3 aromatic carbocycles. The van der Waals surface area contributed by atoms with Gasteiger partial charge in [-0.15, -0.1) is 0 Å². The highest BCUT2D eigenvalue weighted by molar-refractivity contribution is 7.00. The van der Waals surface area contributed by atoms with Crippen LogP contribution in [0.2, 0.25) is 0 Å². The maximum absolute atomic E-state index is 14.9. The van der Waals surface area contributed by atoms with Crippen LogP contribution in [0.4, 0.5) is 9.18 Å². The van der Waals surface area contributed by atoms with Crippen molar-refractivity contribution in [2.45, 2.75) is 38.3 Å². The fraction of sp³-hybridized carbons (Fsp3) is 0.276. The van der Waals surface area contributed by atoms with Crippen LogP contribution < -0.4 is 18.9 Å². The van der Waals surface area contributed by atoms with E-state index in [0.717, 1.165) is 54.0 Å². The first kappa shape index (κ1) is 25.9. The summed E-state index contributed by atoms with van der Waals surface area (Å²) in [5.74, 6) is 0.571. The van der Waals surface area contributed by atoms with Gasteiger partial charge in [0.05, 0.1) is 49.7 Å². The van der Waals surface area contributed by atoms with Crippen molar-refractivity contribution in [1.29, 1.82) is 0 Å². The predicted molar refractivity (Wildman–Crippen MR) is 148 cm³/mol. The molecule has 6 rings (SSSR count). The molecule has 0 aliphatic heterocycles. The second kappa shape index (κ2) is 10.6. The molecule has 11 heteroatoms. The molecule has 0 spiro atoms. The Kier molecular flexibility index (Phi) is 6.89. The third-order valence-corrected chi connectivity index (χ3v) is 7.74. The maximum Gasteiger partial charge on any atom is 0.512 e. The van der Waals surface area contributed by atoms with Crippen molar-refractivity contribution in [2.75, 3.05) is 14.2 Å². The quantitative estimate of drug-likeness (QED) is 0.203. The lowest BCUT2D eigenvalue weighted by atomic mass is 10.0. The number of halogens is 1. The summed E-state index contributed by atoms with van der Waals surface area (Å²) in [5.41, 5.74) is 3.84. The number of rotatable bonds is 8. The third kappa shape index (κ3) is 4.77. The summed E-state index contributed by atoms with van der Waals surface area (Å²) in [7, 11) is 2.94. The largest absolute Gasteiger partial charge is 0.512 e. The van der Waals surface area contributed by atoms with Crippen LogP contribution in [0.1, 0.15) is 31.2 Å². The Balaban J connectivity index is 1.60. The Bertz CT molecular complexity index is 1730. The molecule has 1 aliphatic rings. The van der Waals surface area contributed by atoms with Gasteiger partial charge in [0, 0.05) is 11.5 Å². The molecular weight excluding hydrogens is 537 g/mol. The van der Waals surface area contributed by atoms with E-state index in [1.807, 2.05) is 24.3 Å². The van der Waals surface area contributed by atoms with Gasteiger partial charge in [0.25, 0.3) is 0 Å². The molecule has 1 fully saturated rings. The molecule has 0 bridgehead atoms. The number of carboxylic acid groups (broad SMARTS) is 1. The van der Waals surface area contributed by atoms with Crippen LogP contribution in [-0.4, -0.2) is 44.9 Å². The first-order valence-electron chi connectivity index (χ1n) is 12.8. The molecule has 1 aliphatic carbocycles. The van der Waals surface area contributed by atoms with Gasteiger partial charge in [0.15, 0.2) is 23.1 Å². The van der Waals surface area contributed by atoms with E-state index in [-0.39, 0.29) is 24.3 Å². The second-order valence-corrected chi connectivity index (χ2v) is 10.1. The highest BCUT2D eigenvalue weighted by Gasteiger charge is 2.27. The first-order valence-corrected chi connectivity index (χ1v) is 13.5. The van der Waals surface area contributed by atoms with Gasteiger partial charge in [-0.1, -0.05) is 12.1 Å². The molecule has 206 valence electrons. The van der Waals surface area contributed by atoms with Gasteiger partial charge in [-0.3, -0.25) is 0 Å². The molecule has 0 amide bonds. The zero-order valence-corrected chi connectivity index (χ0v) is 22.7. The molecule has 0 radical (unpaired) electrons. The van der Waals surface area contributed by atoms with Crippen LogP contribution in [0.15, 0.2) is 48.5 Å². The van der Waals surface area contributed by atoms with Gasteiger partial charge in [-0.25, -0.2) is 9.18 Å². The van der Waals surface area contributed by atoms with Crippen molar-refractivity contribution >= 4 is 39.8 Å². The Morgan fingerprint density at radius 1 is 1.00 bits per heavy atom. The highest BCUT2D eigenvalue weighted by atomic mass is 32.1. The number of ether oxygens (including phenoxy) is 4. The van der Waals surface area contributed by atoms with Crippen molar-refractivity contribution in [2.24, 2.45) is 0 Å². The van der Waals surface area contributed by atoms with Gasteiger partial charge in [-0.05, 0) is 67.1 Å². The minimum Gasteiger partial charge on any atom is -0.494 e. The van der Waals surface area contributed by atoms with E-state index in [1.165, 1.54) is 19.2 Å². The maximum atomic E-state index is 14.9. The van der Waals surface area contributed by atoms with Gasteiger partial charge >= 0.3 is 6.16 Å². The van der Waals surface area contributed by atoms with E-state index in [0.29, 0.717) is 33.5 Å². The van der Waals surface area contributed by atoms with Crippen molar-refractivity contribution in [1.82, 2.24) is 13.3 Å². The molecule has 1 saturated carbocycles. The monoisotopic (exact) mass is 563 g/mol. The zero-order valence-electron chi connectivity index (χ0n) is 21.8. The fourth-order valence-electron chi connectivity index (χ4n) is 5.33. The van der Waals surface area contributed by atoms with Crippen molar-refractivity contribution in [3.05, 3.63) is 59.9 Å². The second-order valence-electron chi connectivity index (χ2n) is 9.62. The molecule has 1 N–H and O–H groups in total. The van der Waals surface area contributed by atoms with E-state index in [1.54, 1.807) is 23.8 Å². The normalized spacial score (nSPS) is 13.7. The van der Waals surface area contributed by atoms with E-state index in [4.69, 9.17) is 18.9 Å². The van der Waals surface area contributed by atoms with E-state index in [2.05, 4.69) is 8.75 Å². The van der Waals surface area contributed by atoms with Crippen LogP contribution in [0.3, 0.4) is 0 Å². The topological polar surface area (TPSA) is 105 Å². The van der Waals surface area contributed by atoms with Gasteiger partial charge in [-0.2, -0.15) is 8.75 Å². The van der Waals surface area contributed by atoms with Crippen LogP contribution in [0.25, 0.3) is 33.1 Å². The van der Waals surface area contributed by atoms with Crippen molar-refractivity contribution in [3.8, 4) is 34.3 Å². The zero-order chi connectivity index (χ0) is 27.8. The summed E-state index contributed by atoms with van der Waals surface area (Å²) in [4.78, 5) is 12.0. The first-order chi connectivity index (χ1) is 19.4. The third-order valence-electron chi connectivity index (χ3n) is 7.18. The Morgan fingerprint density at radius 3 is 2.50 bits per heavy atom. The lowest BCUT2D eigenvalue weighted by molar-refractivity contribution is 0.141. The molecule has 0 saturated heterocycles. The van der Waals surface area contributed by atoms with Crippen LogP contribution in [0.5, 0.6) is 23.1 Å². The Hall–Kier alpha value is -4.38. The minimum absolute atomic E-state index is 0.0450. The summed E-state index contributed by atoms with van der Waals surface area (Å²) >= 11 is 1.12. The summed E-state index contributed by atoms with van der Waals surface area (Å²) in [6, 6.07) is 13.8. The van der Waals surface area contributed by atoms with Crippen molar-refractivity contribution < 1.29 is 33.2 Å². The Morgan fingerprint density at radius 2 is 1.77 bits per heavy atom. The fourth-order valence-corrected chi connectivity index (χ4v) is 5.84. The SMILES string of the molecule is COc1ccc(-c2c(OC(=O)O)n(Cc3ccc4nsnc4c3)c3cc(OC4CCCC4)c(OC)cc23)cc1F. The minimum atomic E-state index is -1.49. The molecule has 0 atom stereocenters. The molecule has 0 unspecified atom stereocenters. The Labute approximate surface area is 233 Å². The number of carbonyl (C=O) groups is 1. The predicted octanol–water partition coefficient (Wildman–Crippen LogP) is 6.90. The van der Waals surface area contributed by atoms with E-state index >= 15 is 0 Å². The number of hydrogen-bond donors (Lipinski definition) is 1. The molecule has 2 heterocycles. The summed E-state index contributed by atoms with van der Waals surface area (Å²) < 4.78 is 47.8. The van der Waals surface area contributed by atoms with Gasteiger partial charge in [0.1, 0.15) is 11.0 Å². The number of aromatic nitrogens is 3. The molecule has 40 heavy (non-hydrogen) atoms. The van der Waals surface area contributed by atoms with E-state index in [9.17, 15) is 14.3 Å². The number of methoxy groups -OCH3 is 2. The lowest BCUT2D eigenvalue weighted by Gasteiger charge is -2.17. The highest BCUT2D eigenvalue weighted by Crippen LogP contribution is 2.46. The van der Waals surface area contributed by atoms with Crippen LogP contribution in [-0.2, 0) is 6.54 Å². The summed E-state index contributed by atoms with van der Waals surface area (Å²) in [5, 5.41) is 10.4. The molecule has 9 nitrogen and oxygen atoms in total. The van der Waals surface area contributed by atoms with Crippen LogP contribution >= 0.6 is 11.7 Å². The number of hydrogen-bond acceptors (Lipinski definition) is 8. The summed E-state index contributed by atoms with van der Waals surface area (Å²) in [6.07, 6.45) is 2.68. The lowest BCUT2D eigenvalue weighted by Crippen LogP contribution is -2.12. The average Bonchev–Trinajstić information content (AvgIpc) is 3.68. The molecule has 5 aromatic rings. The average molecular weight is 564 g/mol. The van der Waals surface area contributed by atoms with Crippen molar-refractivity contribution in [3.63, 3.8) is 0 Å². The standard InChI is InChI=1S/C29H26FN3O6S/c1-36-24-10-8-17(12-20(24)30)27-19-13-25(37-2)26(38-18-5-3-4-6-18)14-23(19)33(28(27)39-29(34)35)15-16-7-9-21-22(11-16)32-40-31-21/h7-14,18H,3-6,15H2,1-2H3,(H,34,35). The van der Waals surface area contributed by atoms with Crippen LogP contribution in [0, 0.1) is 5.82 Å². The van der Waals surface area contributed by atoms with E-state index < -0.39 is 12.0 Å². The summed E-state index contributed by atoms with van der Waals surface area (Å²) in [6.45, 7) is 0.250. The van der Waals surface area contributed by atoms with Gasteiger partial charge < -0.3 is 28.6 Å². The number of fused-ring (bicyclic) bond motifs is 2. The molecule has 2 aromatic heterocycles. The molecular formula is C29H26FN3O6S. The number of nitrogens with zero attached hydrogens (tertiary/aromatic N) is 3. The number of benzene rings is 3.